The van der Waals surface area contributed by atoms with Gasteiger partial charge >= 0.3 is 0 Å². The van der Waals surface area contributed by atoms with E-state index in [1.54, 1.807) is 0 Å². The Balaban J connectivity index is 1.36. The first kappa shape index (κ1) is 23.8. The van der Waals surface area contributed by atoms with E-state index in [1.807, 2.05) is 45.3 Å². The molecule has 0 aliphatic carbocycles. The second kappa shape index (κ2) is 10.5. The second-order valence-electron chi connectivity index (χ2n) is 9.31. The zero-order chi connectivity index (χ0) is 25.3. The molecule has 2 aromatic carbocycles. The highest BCUT2D eigenvalue weighted by Crippen LogP contribution is 2.42. The predicted molar refractivity (Wildman–Crippen MR) is 170 cm³/mol. The van der Waals surface area contributed by atoms with E-state index in [0.717, 1.165) is 0 Å². The Labute approximate surface area is 239 Å². The fourth-order valence-electron chi connectivity index (χ4n) is 5.01. The van der Waals surface area contributed by atoms with Gasteiger partial charge < -0.3 is 0 Å². The summed E-state index contributed by atoms with van der Waals surface area (Å²) in [6.07, 6.45) is 9.10. The molecule has 0 unspecified atom stereocenters. The Morgan fingerprint density at radius 1 is 0.316 bits per heavy atom. The molecular formula is C34H24S4. The van der Waals surface area contributed by atoms with Gasteiger partial charge in [0.25, 0.3) is 0 Å². The van der Waals surface area contributed by atoms with Crippen molar-refractivity contribution in [3.8, 4) is 0 Å². The molecule has 0 fully saturated rings. The molecule has 0 nitrogen and oxygen atoms in total. The van der Waals surface area contributed by atoms with Crippen molar-refractivity contribution in [2.24, 2.45) is 0 Å². The van der Waals surface area contributed by atoms with Crippen molar-refractivity contribution < 1.29 is 0 Å². The molecule has 5 heterocycles. The average Bonchev–Trinajstić information content (AvgIpc) is 3.77. The van der Waals surface area contributed by atoms with Gasteiger partial charge in [0, 0.05) is 39.0 Å². The quantitative estimate of drug-likeness (QED) is 0.197. The van der Waals surface area contributed by atoms with Crippen LogP contribution in [0.15, 0.2) is 109 Å². The highest BCUT2D eigenvalue weighted by atomic mass is 32.1. The van der Waals surface area contributed by atoms with Gasteiger partial charge in [-0.1, -0.05) is 60.7 Å². The predicted octanol–water partition coefficient (Wildman–Crippen LogP) is 10.9. The number of benzene rings is 2. The van der Waals surface area contributed by atoms with E-state index in [-0.39, 0.29) is 11.8 Å². The molecule has 7 rings (SSSR count). The minimum absolute atomic E-state index is 0.252. The molecule has 8 bridgehead atoms. The average molecular weight is 561 g/mol. The summed E-state index contributed by atoms with van der Waals surface area (Å²) in [5.41, 5.74) is 2.68. The summed E-state index contributed by atoms with van der Waals surface area (Å²) < 4.78 is 0. The first-order chi connectivity index (χ1) is 18.8. The summed E-state index contributed by atoms with van der Waals surface area (Å²) in [5, 5.41) is 0. The van der Waals surface area contributed by atoms with E-state index < -0.39 is 0 Å². The van der Waals surface area contributed by atoms with Crippen molar-refractivity contribution in [3.63, 3.8) is 0 Å². The monoisotopic (exact) mass is 560 g/mol. The van der Waals surface area contributed by atoms with E-state index in [1.165, 1.54) is 50.1 Å². The largest absolute Gasteiger partial charge is 0.140 e. The van der Waals surface area contributed by atoms with Crippen LogP contribution < -0.4 is 0 Å². The third kappa shape index (κ3) is 4.81. The number of hydrogen-bond donors (Lipinski definition) is 0. The minimum Gasteiger partial charge on any atom is -0.140 e. The molecule has 38 heavy (non-hydrogen) atoms. The molecule has 4 aromatic heterocycles. The van der Waals surface area contributed by atoms with E-state index in [2.05, 4.69) is 133 Å². The van der Waals surface area contributed by atoms with E-state index in [9.17, 15) is 0 Å². The van der Waals surface area contributed by atoms with Gasteiger partial charge in [0.15, 0.2) is 0 Å². The smallest absolute Gasteiger partial charge is 0.0528 e. The van der Waals surface area contributed by atoms with Crippen LogP contribution in [0.5, 0.6) is 0 Å². The number of fused-ring (bicyclic) bond motifs is 8. The SMILES string of the molecule is C1=C/c2ccc(s2)C(c2ccccc2)c2ccc(s2)/C=C/c2ccc(s2)C(c2ccccc2)c2ccc/1s2. The molecule has 1 aliphatic rings. The Bertz CT molecular complexity index is 1500. The third-order valence-electron chi connectivity index (χ3n) is 6.82. The second-order valence-corrected chi connectivity index (χ2v) is 13.9. The zero-order valence-corrected chi connectivity index (χ0v) is 23.8. The van der Waals surface area contributed by atoms with Crippen LogP contribution in [-0.2, 0) is 0 Å². The summed E-state index contributed by atoms with van der Waals surface area (Å²) in [6.45, 7) is 0. The van der Waals surface area contributed by atoms with Crippen LogP contribution >= 0.6 is 45.3 Å². The van der Waals surface area contributed by atoms with Crippen molar-refractivity contribution in [1.29, 1.82) is 0 Å². The lowest BCUT2D eigenvalue weighted by Crippen LogP contribution is -1.98. The maximum absolute atomic E-state index is 2.31. The summed E-state index contributed by atoms with van der Waals surface area (Å²) in [6, 6.07) is 40.1. The molecule has 0 spiro atoms. The maximum atomic E-state index is 2.31. The third-order valence-corrected chi connectivity index (χ3v) is 11.3. The molecule has 6 aromatic rings. The lowest BCUT2D eigenvalue weighted by Gasteiger charge is -2.14. The van der Waals surface area contributed by atoms with Gasteiger partial charge in [-0.25, -0.2) is 0 Å². The molecule has 0 radical (unpaired) electrons. The fraction of sp³-hybridized carbons (Fsp3) is 0.0588. The van der Waals surface area contributed by atoms with Crippen molar-refractivity contribution in [2.75, 3.05) is 0 Å². The van der Waals surface area contributed by atoms with Crippen molar-refractivity contribution in [2.45, 2.75) is 11.8 Å². The first-order valence-corrected chi connectivity index (χ1v) is 15.9. The molecule has 184 valence electrons. The molecule has 1 aliphatic heterocycles. The number of rotatable bonds is 2. The van der Waals surface area contributed by atoms with E-state index >= 15 is 0 Å². The first-order valence-electron chi connectivity index (χ1n) is 12.7. The van der Waals surface area contributed by atoms with E-state index in [4.69, 9.17) is 0 Å². The van der Waals surface area contributed by atoms with Crippen LogP contribution in [0, 0.1) is 0 Å². The summed E-state index contributed by atoms with van der Waals surface area (Å²) in [7, 11) is 0. The van der Waals surface area contributed by atoms with Gasteiger partial charge in [0.05, 0.1) is 11.8 Å². The highest BCUT2D eigenvalue weighted by Gasteiger charge is 2.22. The normalized spacial score (nSPS) is 18.4. The van der Waals surface area contributed by atoms with Gasteiger partial charge in [0.2, 0.25) is 0 Å². The van der Waals surface area contributed by atoms with Crippen LogP contribution in [0.1, 0.15) is 62.0 Å². The van der Waals surface area contributed by atoms with Crippen molar-refractivity contribution in [3.05, 3.63) is 159 Å². The van der Waals surface area contributed by atoms with Gasteiger partial charge in [-0.15, -0.1) is 45.3 Å². The van der Waals surface area contributed by atoms with Gasteiger partial charge in [-0.2, -0.15) is 0 Å². The molecule has 4 heteroatoms. The maximum Gasteiger partial charge on any atom is 0.0528 e. The zero-order valence-electron chi connectivity index (χ0n) is 20.5. The van der Waals surface area contributed by atoms with Gasteiger partial charge in [-0.05, 0) is 84.0 Å². The molecule has 0 saturated carbocycles. The van der Waals surface area contributed by atoms with E-state index in [0.29, 0.717) is 0 Å². The Kier molecular flexibility index (Phi) is 6.56. The van der Waals surface area contributed by atoms with Crippen LogP contribution in [0.2, 0.25) is 0 Å². The fourth-order valence-corrected chi connectivity index (χ4v) is 9.40. The van der Waals surface area contributed by atoms with Crippen LogP contribution in [0.4, 0.5) is 0 Å². The Morgan fingerprint density at radius 3 is 0.895 bits per heavy atom. The molecule has 0 saturated heterocycles. The van der Waals surface area contributed by atoms with Crippen molar-refractivity contribution >= 4 is 69.7 Å². The Hall–Kier alpha value is -3.28. The van der Waals surface area contributed by atoms with Crippen molar-refractivity contribution in [1.82, 2.24) is 0 Å². The Morgan fingerprint density at radius 2 is 0.605 bits per heavy atom. The summed E-state index contributed by atoms with van der Waals surface area (Å²) in [5.74, 6) is 0.505. The minimum atomic E-state index is 0.252. The molecule has 0 N–H and O–H groups in total. The summed E-state index contributed by atoms with van der Waals surface area (Å²) in [4.78, 5) is 10.7. The van der Waals surface area contributed by atoms with Crippen LogP contribution in [-0.4, -0.2) is 0 Å². The standard InChI is InChI=1S/C34H24S4/c1-3-7-23(8-4-1)33-29-19-15-25(35-29)11-13-27-17-21-31(37-27)34(24-9-5-2-6-10-24)32-22-18-28(38-32)14-12-26-16-20-30(33)36-26/h1-22,33-34H/b13-11+,14-12+. The molecule has 0 atom stereocenters. The highest BCUT2D eigenvalue weighted by molar-refractivity contribution is 7.15. The number of hydrogen-bond acceptors (Lipinski definition) is 4. The molecular weight excluding hydrogens is 537 g/mol. The van der Waals surface area contributed by atoms with Crippen LogP contribution in [0.25, 0.3) is 24.3 Å². The topological polar surface area (TPSA) is 0 Å². The summed E-state index contributed by atoms with van der Waals surface area (Å²) >= 11 is 7.58. The van der Waals surface area contributed by atoms with Crippen LogP contribution in [0.3, 0.4) is 0 Å². The van der Waals surface area contributed by atoms with Gasteiger partial charge in [-0.3, -0.25) is 0 Å². The number of thiophene rings is 4. The molecule has 0 amide bonds. The van der Waals surface area contributed by atoms with Gasteiger partial charge in [0.1, 0.15) is 0 Å². The lowest BCUT2D eigenvalue weighted by atomic mass is 9.96. The lowest BCUT2D eigenvalue weighted by molar-refractivity contribution is 1.04.